The average molecular weight is 404 g/mol. The summed E-state index contributed by atoms with van der Waals surface area (Å²) in [5.74, 6) is 1.81. The molecule has 0 fully saturated rings. The Morgan fingerprint density at radius 2 is 1.67 bits per heavy atom. The van der Waals surface area contributed by atoms with Crippen molar-refractivity contribution in [2.75, 3.05) is 26.8 Å². The van der Waals surface area contributed by atoms with Crippen LogP contribution in [-0.4, -0.2) is 32.5 Å². The van der Waals surface area contributed by atoms with Crippen LogP contribution in [0, 0.1) is 0 Å². The molecule has 0 bridgehead atoms. The van der Waals surface area contributed by atoms with E-state index in [1.165, 1.54) is 11.3 Å². The number of rotatable bonds is 7. The van der Waals surface area contributed by atoms with Gasteiger partial charge >= 0.3 is 0 Å². The molecule has 0 aliphatic heterocycles. The van der Waals surface area contributed by atoms with E-state index in [4.69, 9.17) is 25.8 Å². The van der Waals surface area contributed by atoms with Gasteiger partial charge in [0.2, 0.25) is 5.13 Å². The molecule has 1 aromatic heterocycles. The Balaban J connectivity index is 1.75. The Labute approximate surface area is 166 Å². The van der Waals surface area contributed by atoms with Gasteiger partial charge in [-0.05, 0) is 18.2 Å². The third kappa shape index (κ3) is 4.50. The van der Waals surface area contributed by atoms with Crippen LogP contribution in [0.25, 0.3) is 11.3 Å². The van der Waals surface area contributed by atoms with Crippen molar-refractivity contribution < 1.29 is 14.2 Å². The number of nitrogens with one attached hydrogen (secondary N) is 1. The van der Waals surface area contributed by atoms with Crippen molar-refractivity contribution in [2.24, 2.45) is 5.10 Å². The van der Waals surface area contributed by atoms with Gasteiger partial charge in [0.05, 0.1) is 33.2 Å². The summed E-state index contributed by atoms with van der Waals surface area (Å²) in [5, 5.41) is 7.58. The van der Waals surface area contributed by atoms with Gasteiger partial charge < -0.3 is 14.2 Å². The Morgan fingerprint density at radius 1 is 1.00 bits per heavy atom. The van der Waals surface area contributed by atoms with Crippen LogP contribution in [0.15, 0.2) is 46.9 Å². The van der Waals surface area contributed by atoms with Gasteiger partial charge in [0.15, 0.2) is 11.5 Å². The van der Waals surface area contributed by atoms with Crippen molar-refractivity contribution in [3.63, 3.8) is 0 Å². The Hall–Kier alpha value is -2.77. The first-order chi connectivity index (χ1) is 13.1. The summed E-state index contributed by atoms with van der Waals surface area (Å²) in [5.41, 5.74) is 5.54. The number of hydrogen-bond donors (Lipinski definition) is 1. The number of benzene rings is 2. The first-order valence-electron chi connectivity index (χ1n) is 7.95. The van der Waals surface area contributed by atoms with Crippen molar-refractivity contribution >= 4 is 34.3 Å². The number of anilines is 1. The van der Waals surface area contributed by atoms with Gasteiger partial charge in [-0.2, -0.15) is 5.10 Å². The summed E-state index contributed by atoms with van der Waals surface area (Å²) in [7, 11) is 4.75. The summed E-state index contributed by atoms with van der Waals surface area (Å²) >= 11 is 7.38. The molecule has 0 radical (unpaired) electrons. The van der Waals surface area contributed by atoms with Crippen molar-refractivity contribution in [1.29, 1.82) is 0 Å². The minimum atomic E-state index is 0.590. The second-order valence-corrected chi connectivity index (χ2v) is 6.66. The van der Waals surface area contributed by atoms with E-state index in [2.05, 4.69) is 15.5 Å². The molecule has 0 saturated carbocycles. The van der Waals surface area contributed by atoms with Crippen LogP contribution < -0.4 is 19.6 Å². The lowest BCUT2D eigenvalue weighted by Crippen LogP contribution is -1.98. The Morgan fingerprint density at radius 3 is 2.33 bits per heavy atom. The second-order valence-electron chi connectivity index (χ2n) is 5.36. The smallest absolute Gasteiger partial charge is 0.203 e. The summed E-state index contributed by atoms with van der Waals surface area (Å²) in [6.07, 6.45) is 1.64. The molecule has 3 aromatic rings. The van der Waals surface area contributed by atoms with Gasteiger partial charge in [-0.3, -0.25) is 5.43 Å². The fourth-order valence-corrected chi connectivity index (χ4v) is 3.18. The van der Waals surface area contributed by atoms with E-state index < -0.39 is 0 Å². The Bertz CT molecular complexity index is 942. The van der Waals surface area contributed by atoms with Gasteiger partial charge in [0.1, 0.15) is 5.75 Å². The number of thiazole rings is 1. The molecule has 0 amide bonds. The lowest BCUT2D eigenvalue weighted by Gasteiger charge is -2.11. The first-order valence-corrected chi connectivity index (χ1v) is 9.21. The minimum absolute atomic E-state index is 0.590. The maximum atomic E-state index is 5.92. The largest absolute Gasteiger partial charge is 0.496 e. The molecule has 2 aromatic carbocycles. The zero-order valence-electron chi connectivity index (χ0n) is 15.0. The van der Waals surface area contributed by atoms with Crippen LogP contribution in [0.5, 0.6) is 17.2 Å². The van der Waals surface area contributed by atoms with Gasteiger partial charge in [-0.25, -0.2) is 4.98 Å². The summed E-state index contributed by atoms with van der Waals surface area (Å²) < 4.78 is 16.0. The highest BCUT2D eigenvalue weighted by Gasteiger charge is 2.10. The number of nitrogens with zero attached hydrogens (tertiary/aromatic N) is 2. The second kappa shape index (κ2) is 8.75. The summed E-state index contributed by atoms with van der Waals surface area (Å²) in [6.45, 7) is 0. The number of halogens is 1. The van der Waals surface area contributed by atoms with Crippen molar-refractivity contribution in [2.45, 2.75) is 0 Å². The number of hydrogen-bond acceptors (Lipinski definition) is 7. The SMILES string of the molecule is COc1cc(OC)c(OC)cc1C=NNc1nc(-c2ccc(Cl)cc2)cs1. The molecule has 6 nitrogen and oxygen atoms in total. The van der Waals surface area contributed by atoms with Crippen LogP contribution in [-0.2, 0) is 0 Å². The van der Waals surface area contributed by atoms with E-state index in [1.807, 2.05) is 29.6 Å². The van der Waals surface area contributed by atoms with E-state index in [9.17, 15) is 0 Å². The molecule has 0 aliphatic rings. The van der Waals surface area contributed by atoms with Crippen LogP contribution in [0.2, 0.25) is 5.02 Å². The molecular formula is C19H18ClN3O3S. The van der Waals surface area contributed by atoms with E-state index in [1.54, 1.807) is 39.7 Å². The van der Waals surface area contributed by atoms with Crippen molar-refractivity contribution in [3.05, 3.63) is 52.4 Å². The van der Waals surface area contributed by atoms with Gasteiger partial charge in [-0.1, -0.05) is 23.7 Å². The molecule has 0 saturated heterocycles. The third-order valence-electron chi connectivity index (χ3n) is 3.74. The van der Waals surface area contributed by atoms with E-state index in [-0.39, 0.29) is 0 Å². The van der Waals surface area contributed by atoms with Crippen molar-refractivity contribution in [3.8, 4) is 28.5 Å². The number of hydrazone groups is 1. The minimum Gasteiger partial charge on any atom is -0.496 e. The molecule has 140 valence electrons. The Kier molecular flexibility index (Phi) is 6.16. The number of methoxy groups -OCH3 is 3. The zero-order valence-corrected chi connectivity index (χ0v) is 16.6. The molecule has 0 atom stereocenters. The van der Waals surface area contributed by atoms with Gasteiger partial charge in [0, 0.05) is 27.6 Å². The van der Waals surface area contributed by atoms with Crippen LogP contribution in [0.3, 0.4) is 0 Å². The third-order valence-corrected chi connectivity index (χ3v) is 4.74. The molecule has 3 rings (SSSR count). The first kappa shape index (κ1) is 19.0. The van der Waals surface area contributed by atoms with E-state index in [0.717, 1.165) is 16.8 Å². The molecular weight excluding hydrogens is 386 g/mol. The lowest BCUT2D eigenvalue weighted by atomic mass is 10.2. The van der Waals surface area contributed by atoms with Crippen LogP contribution >= 0.6 is 22.9 Å². The molecule has 0 spiro atoms. The summed E-state index contributed by atoms with van der Waals surface area (Å²) in [6, 6.07) is 11.1. The highest BCUT2D eigenvalue weighted by Crippen LogP contribution is 2.34. The molecule has 0 aliphatic carbocycles. The molecule has 1 N–H and O–H groups in total. The van der Waals surface area contributed by atoms with Gasteiger partial charge in [-0.15, -0.1) is 11.3 Å². The van der Waals surface area contributed by atoms with Gasteiger partial charge in [0.25, 0.3) is 0 Å². The standard InChI is InChI=1S/C19H18ClN3O3S/c1-24-16-9-18(26-3)17(25-2)8-13(16)10-21-23-19-22-15(11-27-19)12-4-6-14(20)7-5-12/h4-11H,1-3H3,(H,22,23). The van der Waals surface area contributed by atoms with Crippen molar-refractivity contribution in [1.82, 2.24) is 4.98 Å². The maximum absolute atomic E-state index is 5.92. The predicted octanol–water partition coefficient (Wildman–Crippen LogP) is 4.94. The van der Waals surface area contributed by atoms with E-state index >= 15 is 0 Å². The normalized spacial score (nSPS) is 10.8. The lowest BCUT2D eigenvalue weighted by molar-refractivity contribution is 0.349. The zero-order chi connectivity index (χ0) is 19.2. The van der Waals surface area contributed by atoms with Crippen LogP contribution in [0.4, 0.5) is 5.13 Å². The molecule has 0 unspecified atom stereocenters. The quantitative estimate of drug-likeness (QED) is 0.447. The maximum Gasteiger partial charge on any atom is 0.203 e. The topological polar surface area (TPSA) is 65.0 Å². The number of ether oxygens (including phenoxy) is 3. The summed E-state index contributed by atoms with van der Waals surface area (Å²) in [4.78, 5) is 4.52. The monoisotopic (exact) mass is 403 g/mol. The fraction of sp³-hybridized carbons (Fsp3) is 0.158. The highest BCUT2D eigenvalue weighted by molar-refractivity contribution is 7.14. The van der Waals surface area contributed by atoms with Crippen LogP contribution in [0.1, 0.15) is 5.56 Å². The number of aromatic nitrogens is 1. The van der Waals surface area contributed by atoms with E-state index in [0.29, 0.717) is 27.4 Å². The predicted molar refractivity (Wildman–Crippen MR) is 110 cm³/mol. The molecule has 27 heavy (non-hydrogen) atoms. The molecule has 8 heteroatoms. The molecule has 1 heterocycles. The highest BCUT2D eigenvalue weighted by atomic mass is 35.5. The fourth-order valence-electron chi connectivity index (χ4n) is 2.39. The average Bonchev–Trinajstić information content (AvgIpc) is 3.17.